The van der Waals surface area contributed by atoms with Crippen molar-refractivity contribution in [2.75, 3.05) is 26.2 Å². The Labute approximate surface area is 152 Å². The van der Waals surface area contributed by atoms with Gasteiger partial charge in [0.2, 0.25) is 11.8 Å². The first-order valence-corrected chi connectivity index (χ1v) is 10.5. The molecule has 1 N–H and O–H groups in total. The Morgan fingerprint density at radius 2 is 1.56 bits per heavy atom. The second-order valence-corrected chi connectivity index (χ2v) is 8.24. The van der Waals surface area contributed by atoms with Crippen molar-refractivity contribution >= 4 is 11.8 Å². The average Bonchev–Trinajstić information content (AvgIpc) is 2.99. The van der Waals surface area contributed by atoms with Gasteiger partial charge >= 0.3 is 0 Å². The van der Waals surface area contributed by atoms with E-state index in [-0.39, 0.29) is 17.9 Å². The quantitative estimate of drug-likeness (QED) is 0.849. The third-order valence-corrected chi connectivity index (χ3v) is 6.35. The molecule has 0 spiro atoms. The maximum atomic E-state index is 12.9. The number of hydrogen-bond donors (Lipinski definition) is 1. The van der Waals surface area contributed by atoms with E-state index in [1.54, 1.807) is 0 Å². The molecule has 2 amide bonds. The van der Waals surface area contributed by atoms with Crippen molar-refractivity contribution in [1.29, 1.82) is 0 Å². The molecule has 25 heavy (non-hydrogen) atoms. The summed E-state index contributed by atoms with van der Waals surface area (Å²) in [6.07, 6.45) is 11.5. The molecule has 0 bridgehead atoms. The van der Waals surface area contributed by atoms with Crippen LogP contribution in [0.25, 0.3) is 0 Å². The number of rotatable bonds is 4. The number of nitrogens with one attached hydrogen (secondary N) is 1. The van der Waals surface area contributed by atoms with Crippen LogP contribution in [0.1, 0.15) is 71.1 Å². The molecule has 5 nitrogen and oxygen atoms in total. The molecule has 0 aromatic heterocycles. The van der Waals surface area contributed by atoms with Crippen LogP contribution in [0, 0.1) is 5.92 Å². The molecule has 3 aliphatic rings. The SMILES string of the molecule is C[C@H](C(=O)NC1CCCC1)N1CCC[C@@H](C(=O)N2CCCCCC2)C1. The largest absolute Gasteiger partial charge is 0.352 e. The highest BCUT2D eigenvalue weighted by molar-refractivity contribution is 5.82. The molecular weight excluding hydrogens is 314 g/mol. The van der Waals surface area contributed by atoms with Crippen LogP contribution in [0.15, 0.2) is 0 Å². The van der Waals surface area contributed by atoms with Crippen LogP contribution in [0.5, 0.6) is 0 Å². The number of carbonyl (C=O) groups excluding carboxylic acids is 2. The molecule has 3 rings (SSSR count). The molecule has 2 heterocycles. The first-order chi connectivity index (χ1) is 12.1. The smallest absolute Gasteiger partial charge is 0.237 e. The van der Waals surface area contributed by atoms with E-state index in [9.17, 15) is 9.59 Å². The van der Waals surface area contributed by atoms with Gasteiger partial charge in [-0.1, -0.05) is 25.7 Å². The van der Waals surface area contributed by atoms with Crippen molar-refractivity contribution < 1.29 is 9.59 Å². The second kappa shape index (κ2) is 9.02. The summed E-state index contributed by atoms with van der Waals surface area (Å²) < 4.78 is 0. The number of hydrogen-bond acceptors (Lipinski definition) is 3. The first-order valence-electron chi connectivity index (χ1n) is 10.5. The summed E-state index contributed by atoms with van der Waals surface area (Å²) in [5.74, 6) is 0.554. The average molecular weight is 350 g/mol. The highest BCUT2D eigenvalue weighted by Crippen LogP contribution is 2.23. The summed E-state index contributed by atoms with van der Waals surface area (Å²) in [6.45, 7) is 5.53. The van der Waals surface area contributed by atoms with E-state index in [1.165, 1.54) is 25.7 Å². The molecule has 0 unspecified atom stereocenters. The molecule has 2 saturated heterocycles. The van der Waals surface area contributed by atoms with Crippen LogP contribution in [0.3, 0.4) is 0 Å². The molecule has 142 valence electrons. The van der Waals surface area contributed by atoms with Gasteiger partial charge in [0.1, 0.15) is 0 Å². The highest BCUT2D eigenvalue weighted by atomic mass is 16.2. The lowest BCUT2D eigenvalue weighted by Gasteiger charge is -2.37. The Morgan fingerprint density at radius 1 is 0.880 bits per heavy atom. The van der Waals surface area contributed by atoms with Gasteiger partial charge in [-0.2, -0.15) is 0 Å². The van der Waals surface area contributed by atoms with Crippen molar-refractivity contribution in [2.24, 2.45) is 5.92 Å². The second-order valence-electron chi connectivity index (χ2n) is 8.24. The zero-order chi connectivity index (χ0) is 17.6. The number of likely N-dealkylation sites (tertiary alicyclic amines) is 2. The Bertz CT molecular complexity index is 454. The molecule has 0 aromatic carbocycles. The maximum absolute atomic E-state index is 12.9. The number of amides is 2. The van der Waals surface area contributed by atoms with Crippen molar-refractivity contribution in [1.82, 2.24) is 15.1 Å². The van der Waals surface area contributed by atoms with Crippen LogP contribution in [0.4, 0.5) is 0 Å². The normalized spacial score (nSPS) is 27.7. The van der Waals surface area contributed by atoms with Gasteiger partial charge in [0, 0.05) is 25.7 Å². The standard InChI is InChI=1S/C20H35N3O2/c1-16(19(24)21-18-10-4-5-11-18)23-14-8-9-17(15-23)20(25)22-12-6-2-3-7-13-22/h16-18H,2-15H2,1H3,(H,21,24)/t16-,17-/m1/s1. The number of piperidine rings is 1. The summed E-state index contributed by atoms with van der Waals surface area (Å²) in [5, 5.41) is 3.22. The Morgan fingerprint density at radius 3 is 2.24 bits per heavy atom. The highest BCUT2D eigenvalue weighted by Gasteiger charge is 2.33. The van der Waals surface area contributed by atoms with Gasteiger partial charge in [-0.3, -0.25) is 14.5 Å². The molecule has 1 saturated carbocycles. The molecule has 1 aliphatic carbocycles. The third-order valence-electron chi connectivity index (χ3n) is 6.35. The van der Waals surface area contributed by atoms with Crippen molar-refractivity contribution in [3.63, 3.8) is 0 Å². The minimum Gasteiger partial charge on any atom is -0.352 e. The van der Waals surface area contributed by atoms with Gasteiger partial charge in [-0.05, 0) is 52.0 Å². The van der Waals surface area contributed by atoms with Gasteiger partial charge in [-0.25, -0.2) is 0 Å². The van der Waals surface area contributed by atoms with E-state index < -0.39 is 0 Å². The fourth-order valence-electron chi connectivity index (χ4n) is 4.67. The summed E-state index contributed by atoms with van der Waals surface area (Å²) >= 11 is 0. The molecule has 2 atom stereocenters. The molecule has 2 aliphatic heterocycles. The van der Waals surface area contributed by atoms with E-state index in [2.05, 4.69) is 15.1 Å². The van der Waals surface area contributed by atoms with Crippen LogP contribution in [-0.2, 0) is 9.59 Å². The van der Waals surface area contributed by atoms with Crippen LogP contribution in [-0.4, -0.2) is 59.9 Å². The van der Waals surface area contributed by atoms with E-state index in [4.69, 9.17) is 0 Å². The zero-order valence-electron chi connectivity index (χ0n) is 15.8. The summed E-state index contributed by atoms with van der Waals surface area (Å²) in [4.78, 5) is 29.8. The number of nitrogens with zero attached hydrogens (tertiary/aromatic N) is 2. The minimum absolute atomic E-state index is 0.0774. The van der Waals surface area contributed by atoms with E-state index in [0.717, 1.165) is 64.7 Å². The van der Waals surface area contributed by atoms with Crippen LogP contribution < -0.4 is 5.32 Å². The molecule has 0 radical (unpaired) electrons. The molecule has 0 aromatic rings. The van der Waals surface area contributed by atoms with Crippen molar-refractivity contribution in [2.45, 2.75) is 83.2 Å². The Hall–Kier alpha value is -1.10. The lowest BCUT2D eigenvalue weighted by atomic mass is 9.95. The minimum atomic E-state index is -0.125. The summed E-state index contributed by atoms with van der Waals surface area (Å²) in [5.41, 5.74) is 0. The van der Waals surface area contributed by atoms with Gasteiger partial charge in [0.25, 0.3) is 0 Å². The van der Waals surface area contributed by atoms with Gasteiger partial charge < -0.3 is 10.2 Å². The molecular formula is C20H35N3O2. The Balaban J connectivity index is 1.52. The van der Waals surface area contributed by atoms with Crippen molar-refractivity contribution in [3.8, 4) is 0 Å². The van der Waals surface area contributed by atoms with E-state index >= 15 is 0 Å². The fourth-order valence-corrected chi connectivity index (χ4v) is 4.67. The van der Waals surface area contributed by atoms with Gasteiger partial charge in [-0.15, -0.1) is 0 Å². The lowest BCUT2D eigenvalue weighted by molar-refractivity contribution is -0.139. The van der Waals surface area contributed by atoms with Gasteiger partial charge in [0.15, 0.2) is 0 Å². The monoisotopic (exact) mass is 349 g/mol. The fraction of sp³-hybridized carbons (Fsp3) is 0.900. The topological polar surface area (TPSA) is 52.7 Å². The Kier molecular flexibility index (Phi) is 6.74. The first kappa shape index (κ1) is 18.7. The zero-order valence-corrected chi connectivity index (χ0v) is 15.8. The van der Waals surface area contributed by atoms with E-state index in [0.29, 0.717) is 11.9 Å². The predicted octanol–water partition coefficient (Wildman–Crippen LogP) is 2.55. The van der Waals surface area contributed by atoms with Gasteiger partial charge in [0.05, 0.1) is 12.0 Å². The molecule has 5 heteroatoms. The van der Waals surface area contributed by atoms with Crippen molar-refractivity contribution in [3.05, 3.63) is 0 Å². The van der Waals surface area contributed by atoms with E-state index in [1.807, 2.05) is 6.92 Å². The lowest BCUT2D eigenvalue weighted by Crippen LogP contribution is -2.53. The van der Waals surface area contributed by atoms with Crippen LogP contribution in [0.2, 0.25) is 0 Å². The van der Waals surface area contributed by atoms with Crippen LogP contribution >= 0.6 is 0 Å². The summed E-state index contributed by atoms with van der Waals surface area (Å²) in [7, 11) is 0. The number of carbonyl (C=O) groups is 2. The maximum Gasteiger partial charge on any atom is 0.237 e. The third kappa shape index (κ3) is 4.96. The molecule has 3 fully saturated rings. The summed E-state index contributed by atoms with van der Waals surface area (Å²) in [6, 6.07) is 0.245. The predicted molar refractivity (Wildman–Crippen MR) is 99.2 cm³/mol.